The van der Waals surface area contributed by atoms with Crippen LogP contribution < -0.4 is 4.90 Å². The molecule has 2 rings (SSSR count). The van der Waals surface area contributed by atoms with E-state index in [0.29, 0.717) is 0 Å². The third kappa shape index (κ3) is 3.07. The van der Waals surface area contributed by atoms with Crippen LogP contribution in [0.2, 0.25) is 0 Å². The number of hydrogen-bond donors (Lipinski definition) is 1. The summed E-state index contributed by atoms with van der Waals surface area (Å²) in [5.41, 5.74) is 1.56. The van der Waals surface area contributed by atoms with Crippen LogP contribution in [0.15, 0.2) is 46.9 Å². The number of halogens is 2. The third-order valence-electron chi connectivity index (χ3n) is 3.24. The van der Waals surface area contributed by atoms with Gasteiger partial charge in [0.25, 0.3) is 0 Å². The minimum Gasteiger partial charge on any atom is -0.508 e. The molecule has 2 aromatic rings. The first-order valence-corrected chi connectivity index (χ1v) is 6.75. The van der Waals surface area contributed by atoms with Crippen LogP contribution in [0.5, 0.6) is 5.75 Å². The van der Waals surface area contributed by atoms with Crippen LogP contribution in [0, 0.1) is 5.82 Å². The number of nitrogens with zero attached hydrogens (tertiary/aromatic N) is 1. The predicted molar refractivity (Wildman–Crippen MR) is 79.0 cm³/mol. The average Bonchev–Trinajstić information content (AvgIpc) is 2.40. The standard InChI is InChI=1S/C15H15BrFNO/c1-10(14-8-11(16)6-7-15(14)19)18(2)13-5-3-4-12(17)9-13/h3-10,19H,1-2H3. The average molecular weight is 324 g/mol. The number of phenols is 1. The van der Waals surface area contributed by atoms with Gasteiger partial charge in [-0.3, -0.25) is 0 Å². The second-order valence-electron chi connectivity index (χ2n) is 4.47. The van der Waals surface area contributed by atoms with Gasteiger partial charge in [-0.05, 0) is 43.3 Å². The number of phenolic OH excluding ortho intramolecular Hbond substituents is 1. The molecule has 0 saturated carbocycles. The molecule has 0 aromatic heterocycles. The fourth-order valence-electron chi connectivity index (χ4n) is 1.99. The van der Waals surface area contributed by atoms with Crippen LogP contribution in [-0.2, 0) is 0 Å². The Kier molecular flexibility index (Phi) is 4.10. The summed E-state index contributed by atoms with van der Waals surface area (Å²) in [6.45, 7) is 1.96. The van der Waals surface area contributed by atoms with E-state index in [1.165, 1.54) is 12.1 Å². The maximum absolute atomic E-state index is 13.3. The van der Waals surface area contributed by atoms with Gasteiger partial charge < -0.3 is 10.0 Å². The van der Waals surface area contributed by atoms with Gasteiger partial charge >= 0.3 is 0 Å². The molecule has 1 unspecified atom stereocenters. The van der Waals surface area contributed by atoms with Gasteiger partial charge in [-0.25, -0.2) is 4.39 Å². The molecule has 100 valence electrons. The van der Waals surface area contributed by atoms with Crippen LogP contribution >= 0.6 is 15.9 Å². The van der Waals surface area contributed by atoms with Gasteiger partial charge in [0.15, 0.2) is 0 Å². The predicted octanol–water partition coefficient (Wildman–Crippen LogP) is 4.49. The Labute approximate surface area is 120 Å². The highest BCUT2D eigenvalue weighted by atomic mass is 79.9. The molecule has 0 heterocycles. The smallest absolute Gasteiger partial charge is 0.125 e. The molecule has 0 aliphatic carbocycles. The minimum absolute atomic E-state index is 0.0701. The molecule has 0 fully saturated rings. The highest BCUT2D eigenvalue weighted by Gasteiger charge is 2.16. The first-order valence-electron chi connectivity index (χ1n) is 5.96. The van der Waals surface area contributed by atoms with Crippen LogP contribution in [0.4, 0.5) is 10.1 Å². The van der Waals surface area contributed by atoms with Crippen LogP contribution in [0.1, 0.15) is 18.5 Å². The van der Waals surface area contributed by atoms with Crippen LogP contribution in [-0.4, -0.2) is 12.2 Å². The number of hydrogen-bond acceptors (Lipinski definition) is 2. The summed E-state index contributed by atoms with van der Waals surface area (Å²) in [7, 11) is 1.87. The molecule has 4 heteroatoms. The van der Waals surface area contributed by atoms with E-state index in [4.69, 9.17) is 0 Å². The van der Waals surface area contributed by atoms with Crippen molar-refractivity contribution in [3.63, 3.8) is 0 Å². The summed E-state index contributed by atoms with van der Waals surface area (Å²) in [5, 5.41) is 9.93. The van der Waals surface area contributed by atoms with Crippen molar-refractivity contribution in [2.45, 2.75) is 13.0 Å². The van der Waals surface area contributed by atoms with Gasteiger partial charge in [-0.2, -0.15) is 0 Å². The monoisotopic (exact) mass is 323 g/mol. The summed E-state index contributed by atoms with van der Waals surface area (Å²) >= 11 is 3.39. The molecule has 0 spiro atoms. The topological polar surface area (TPSA) is 23.5 Å². The summed E-state index contributed by atoms with van der Waals surface area (Å²) in [6.07, 6.45) is 0. The van der Waals surface area contributed by atoms with Crippen LogP contribution in [0.25, 0.3) is 0 Å². The Balaban J connectivity index is 2.33. The van der Waals surface area contributed by atoms with Crippen molar-refractivity contribution in [1.82, 2.24) is 0 Å². The van der Waals surface area contributed by atoms with E-state index in [9.17, 15) is 9.50 Å². The SMILES string of the molecule is CC(c1cc(Br)ccc1O)N(C)c1cccc(F)c1. The van der Waals surface area contributed by atoms with E-state index >= 15 is 0 Å². The molecule has 2 nitrogen and oxygen atoms in total. The van der Waals surface area contributed by atoms with E-state index in [2.05, 4.69) is 15.9 Å². The van der Waals surface area contributed by atoms with Gasteiger partial charge in [0.05, 0.1) is 6.04 Å². The minimum atomic E-state index is -0.269. The molecule has 19 heavy (non-hydrogen) atoms. The fourth-order valence-corrected chi connectivity index (χ4v) is 2.37. The lowest BCUT2D eigenvalue weighted by Gasteiger charge is -2.28. The molecule has 2 aromatic carbocycles. The van der Waals surface area contributed by atoms with Crippen molar-refractivity contribution >= 4 is 21.6 Å². The molecule has 0 amide bonds. The van der Waals surface area contributed by atoms with E-state index in [-0.39, 0.29) is 17.6 Å². The Hall–Kier alpha value is -1.55. The zero-order valence-electron chi connectivity index (χ0n) is 10.8. The van der Waals surface area contributed by atoms with E-state index in [1.54, 1.807) is 18.2 Å². The van der Waals surface area contributed by atoms with Crippen molar-refractivity contribution in [3.8, 4) is 5.75 Å². The van der Waals surface area contributed by atoms with Gasteiger partial charge in [0, 0.05) is 22.8 Å². The maximum Gasteiger partial charge on any atom is 0.125 e. The molecule has 0 aliphatic heterocycles. The van der Waals surface area contributed by atoms with Crippen molar-refractivity contribution in [1.29, 1.82) is 0 Å². The second kappa shape index (κ2) is 5.61. The lowest BCUT2D eigenvalue weighted by Crippen LogP contribution is -2.21. The fraction of sp³-hybridized carbons (Fsp3) is 0.200. The Morgan fingerprint density at radius 3 is 2.63 bits per heavy atom. The summed E-state index contributed by atoms with van der Waals surface area (Å²) in [5.74, 6) is -0.0334. The van der Waals surface area contributed by atoms with Crippen molar-refractivity contribution in [3.05, 3.63) is 58.3 Å². The zero-order chi connectivity index (χ0) is 14.0. The largest absolute Gasteiger partial charge is 0.508 e. The quantitative estimate of drug-likeness (QED) is 0.899. The highest BCUT2D eigenvalue weighted by Crippen LogP contribution is 2.32. The molecule has 0 bridgehead atoms. The van der Waals surface area contributed by atoms with E-state index in [0.717, 1.165) is 15.7 Å². The molecule has 1 atom stereocenters. The first-order chi connectivity index (χ1) is 8.99. The molecular weight excluding hydrogens is 309 g/mol. The second-order valence-corrected chi connectivity index (χ2v) is 5.39. The Morgan fingerprint density at radius 1 is 1.21 bits per heavy atom. The number of anilines is 1. The van der Waals surface area contributed by atoms with Crippen molar-refractivity contribution in [2.24, 2.45) is 0 Å². The van der Waals surface area contributed by atoms with Gasteiger partial charge in [-0.1, -0.05) is 22.0 Å². The van der Waals surface area contributed by atoms with Gasteiger partial charge in [-0.15, -0.1) is 0 Å². The Morgan fingerprint density at radius 2 is 1.95 bits per heavy atom. The van der Waals surface area contributed by atoms with Crippen molar-refractivity contribution in [2.75, 3.05) is 11.9 Å². The number of benzene rings is 2. The Bertz CT molecular complexity index is 588. The number of rotatable bonds is 3. The maximum atomic E-state index is 13.3. The summed E-state index contributed by atoms with van der Waals surface area (Å²) in [4.78, 5) is 1.92. The lowest BCUT2D eigenvalue weighted by atomic mass is 10.1. The molecule has 0 aliphatic rings. The summed E-state index contributed by atoms with van der Waals surface area (Å²) < 4.78 is 14.2. The lowest BCUT2D eigenvalue weighted by molar-refractivity contribution is 0.462. The third-order valence-corrected chi connectivity index (χ3v) is 3.73. The van der Waals surface area contributed by atoms with Crippen molar-refractivity contribution < 1.29 is 9.50 Å². The first kappa shape index (κ1) is 13.9. The molecule has 0 saturated heterocycles. The van der Waals surface area contributed by atoms with Gasteiger partial charge in [0.2, 0.25) is 0 Å². The molecule has 0 radical (unpaired) electrons. The summed E-state index contributed by atoms with van der Waals surface area (Å²) in [6, 6.07) is 11.6. The molecule has 1 N–H and O–H groups in total. The zero-order valence-corrected chi connectivity index (χ0v) is 12.4. The normalized spacial score (nSPS) is 12.2. The van der Waals surface area contributed by atoms with Gasteiger partial charge in [0.1, 0.15) is 11.6 Å². The highest BCUT2D eigenvalue weighted by molar-refractivity contribution is 9.10. The number of aromatic hydroxyl groups is 1. The van der Waals surface area contributed by atoms with E-state index < -0.39 is 0 Å². The molecular formula is C15H15BrFNO. The van der Waals surface area contributed by atoms with Crippen LogP contribution in [0.3, 0.4) is 0 Å². The van der Waals surface area contributed by atoms with E-state index in [1.807, 2.05) is 31.0 Å².